The van der Waals surface area contributed by atoms with Crippen LogP contribution in [0.15, 0.2) is 22.7 Å². The Morgan fingerprint density at radius 3 is 3.00 bits per heavy atom. The average Bonchev–Trinajstić information content (AvgIpc) is 3.03. The molecule has 2 aromatic rings. The molecule has 1 unspecified atom stereocenters. The van der Waals surface area contributed by atoms with Crippen molar-refractivity contribution in [2.24, 2.45) is 5.73 Å². The van der Waals surface area contributed by atoms with Gasteiger partial charge in [-0.25, -0.2) is 4.39 Å². The normalized spacial score (nSPS) is 22.4. The molecule has 1 aromatic carbocycles. The Balaban J connectivity index is 1.80. The fourth-order valence-electron chi connectivity index (χ4n) is 2.11. The van der Waals surface area contributed by atoms with Gasteiger partial charge in [0.05, 0.1) is 6.61 Å². The number of rotatable bonds is 3. The van der Waals surface area contributed by atoms with Crippen molar-refractivity contribution in [1.29, 1.82) is 0 Å². The predicted octanol–water partition coefficient (Wildman–Crippen LogP) is 2.03. The van der Waals surface area contributed by atoms with Crippen LogP contribution in [0, 0.1) is 5.82 Å². The first-order chi connectivity index (χ1) is 9.57. The maximum absolute atomic E-state index is 13.0. The van der Waals surface area contributed by atoms with Crippen molar-refractivity contribution in [1.82, 2.24) is 10.1 Å². The van der Waals surface area contributed by atoms with Crippen LogP contribution in [0.2, 0.25) is 5.02 Å². The van der Waals surface area contributed by atoms with Crippen molar-refractivity contribution < 1.29 is 13.7 Å². The molecule has 7 heteroatoms. The second kappa shape index (κ2) is 5.12. The van der Waals surface area contributed by atoms with E-state index in [1.807, 2.05) is 0 Å². The van der Waals surface area contributed by atoms with Crippen LogP contribution < -0.4 is 5.73 Å². The van der Waals surface area contributed by atoms with Crippen LogP contribution in [0.3, 0.4) is 0 Å². The van der Waals surface area contributed by atoms with Gasteiger partial charge < -0.3 is 15.0 Å². The minimum Gasteiger partial charge on any atom is -0.379 e. The summed E-state index contributed by atoms with van der Waals surface area (Å²) >= 11 is 5.97. The first-order valence-electron chi connectivity index (χ1n) is 6.20. The lowest BCUT2D eigenvalue weighted by atomic mass is 10.0. The van der Waals surface area contributed by atoms with E-state index in [0.717, 1.165) is 5.56 Å². The topological polar surface area (TPSA) is 74.2 Å². The van der Waals surface area contributed by atoms with Crippen molar-refractivity contribution in [3.63, 3.8) is 0 Å². The second-order valence-corrected chi connectivity index (χ2v) is 5.29. The lowest BCUT2D eigenvalue weighted by Gasteiger charge is -2.15. The standard InChI is InChI=1S/C13H13ClFN3O2/c14-10-6-9(15)2-1-8(10)5-11-17-12(20-18-11)13(16)3-4-19-7-13/h1-2,6H,3-5,7,16H2. The average molecular weight is 298 g/mol. The van der Waals surface area contributed by atoms with Gasteiger partial charge in [0.2, 0.25) is 5.89 Å². The van der Waals surface area contributed by atoms with Gasteiger partial charge in [-0.2, -0.15) is 4.98 Å². The van der Waals surface area contributed by atoms with E-state index >= 15 is 0 Å². The SMILES string of the molecule is NC1(c2nc(Cc3ccc(F)cc3Cl)no2)CCOC1. The van der Waals surface area contributed by atoms with Crippen LogP contribution >= 0.6 is 11.6 Å². The van der Waals surface area contributed by atoms with Gasteiger partial charge in [-0.15, -0.1) is 0 Å². The number of nitrogens with zero attached hydrogens (tertiary/aromatic N) is 2. The molecule has 2 heterocycles. The Kier molecular flexibility index (Phi) is 3.45. The first-order valence-corrected chi connectivity index (χ1v) is 6.58. The first kappa shape index (κ1) is 13.5. The number of hydrogen-bond acceptors (Lipinski definition) is 5. The number of halogens is 2. The van der Waals surface area contributed by atoms with Gasteiger partial charge in [-0.05, 0) is 24.1 Å². The Bertz CT molecular complexity index is 626. The van der Waals surface area contributed by atoms with Crippen LogP contribution in [-0.2, 0) is 16.7 Å². The molecule has 20 heavy (non-hydrogen) atoms. The summed E-state index contributed by atoms with van der Waals surface area (Å²) in [6.45, 7) is 0.948. The van der Waals surface area contributed by atoms with E-state index in [1.165, 1.54) is 12.1 Å². The van der Waals surface area contributed by atoms with Gasteiger partial charge in [0.25, 0.3) is 0 Å². The number of aromatic nitrogens is 2. The summed E-state index contributed by atoms with van der Waals surface area (Å²) in [4.78, 5) is 4.29. The third-order valence-electron chi connectivity index (χ3n) is 3.31. The molecule has 1 fully saturated rings. The largest absolute Gasteiger partial charge is 0.379 e. The molecule has 1 aliphatic heterocycles. The van der Waals surface area contributed by atoms with E-state index in [2.05, 4.69) is 10.1 Å². The number of benzene rings is 1. The van der Waals surface area contributed by atoms with E-state index in [9.17, 15) is 4.39 Å². The number of ether oxygens (including phenoxy) is 1. The quantitative estimate of drug-likeness (QED) is 0.938. The molecule has 1 saturated heterocycles. The molecule has 0 radical (unpaired) electrons. The molecule has 0 bridgehead atoms. The smallest absolute Gasteiger partial charge is 0.249 e. The van der Waals surface area contributed by atoms with E-state index in [1.54, 1.807) is 6.07 Å². The van der Waals surface area contributed by atoms with Crippen LogP contribution in [0.1, 0.15) is 23.7 Å². The highest BCUT2D eigenvalue weighted by molar-refractivity contribution is 6.31. The maximum Gasteiger partial charge on any atom is 0.249 e. The van der Waals surface area contributed by atoms with Crippen molar-refractivity contribution in [3.05, 3.63) is 46.3 Å². The molecular formula is C13H13ClFN3O2. The van der Waals surface area contributed by atoms with E-state index in [-0.39, 0.29) is 5.82 Å². The molecule has 5 nitrogen and oxygen atoms in total. The predicted molar refractivity (Wildman–Crippen MR) is 69.8 cm³/mol. The van der Waals surface area contributed by atoms with E-state index in [4.69, 9.17) is 26.6 Å². The molecule has 0 spiro atoms. The second-order valence-electron chi connectivity index (χ2n) is 4.89. The Hall–Kier alpha value is -1.50. The summed E-state index contributed by atoms with van der Waals surface area (Å²) in [6, 6.07) is 4.20. The fourth-order valence-corrected chi connectivity index (χ4v) is 2.35. The van der Waals surface area contributed by atoms with Gasteiger partial charge in [-0.3, -0.25) is 0 Å². The van der Waals surface area contributed by atoms with Gasteiger partial charge >= 0.3 is 0 Å². The third kappa shape index (κ3) is 2.54. The van der Waals surface area contributed by atoms with Crippen LogP contribution in [0.5, 0.6) is 0 Å². The summed E-state index contributed by atoms with van der Waals surface area (Å²) in [7, 11) is 0. The molecule has 2 N–H and O–H groups in total. The maximum atomic E-state index is 13.0. The van der Waals surface area contributed by atoms with E-state index < -0.39 is 5.54 Å². The zero-order valence-electron chi connectivity index (χ0n) is 10.6. The highest BCUT2D eigenvalue weighted by Gasteiger charge is 2.38. The Labute approximate surface area is 119 Å². The number of hydrogen-bond donors (Lipinski definition) is 1. The fraction of sp³-hybridized carbons (Fsp3) is 0.385. The lowest BCUT2D eigenvalue weighted by molar-refractivity contribution is 0.166. The molecule has 0 saturated carbocycles. The van der Waals surface area contributed by atoms with Crippen molar-refractivity contribution in [2.45, 2.75) is 18.4 Å². The zero-order chi connectivity index (χ0) is 14.2. The molecular weight excluding hydrogens is 285 g/mol. The van der Waals surface area contributed by atoms with Crippen LogP contribution in [0.25, 0.3) is 0 Å². The molecule has 1 aromatic heterocycles. The highest BCUT2D eigenvalue weighted by Crippen LogP contribution is 2.27. The van der Waals surface area contributed by atoms with Gasteiger partial charge in [0, 0.05) is 18.1 Å². The molecule has 0 amide bonds. The molecule has 0 aliphatic carbocycles. The Morgan fingerprint density at radius 2 is 2.30 bits per heavy atom. The number of nitrogens with two attached hydrogens (primary N) is 1. The van der Waals surface area contributed by atoms with Gasteiger partial charge in [0.1, 0.15) is 11.4 Å². The Morgan fingerprint density at radius 1 is 1.45 bits per heavy atom. The summed E-state index contributed by atoms with van der Waals surface area (Å²) in [5, 5.41) is 4.23. The monoisotopic (exact) mass is 297 g/mol. The summed E-state index contributed by atoms with van der Waals surface area (Å²) in [5.41, 5.74) is 6.16. The van der Waals surface area contributed by atoms with E-state index in [0.29, 0.717) is 42.8 Å². The summed E-state index contributed by atoms with van der Waals surface area (Å²) in [5.74, 6) is 0.449. The summed E-state index contributed by atoms with van der Waals surface area (Å²) < 4.78 is 23.4. The zero-order valence-corrected chi connectivity index (χ0v) is 11.4. The van der Waals surface area contributed by atoms with Crippen molar-refractivity contribution in [2.75, 3.05) is 13.2 Å². The summed E-state index contributed by atoms with van der Waals surface area (Å²) in [6.07, 6.45) is 1.01. The van der Waals surface area contributed by atoms with Gasteiger partial charge in [0.15, 0.2) is 5.82 Å². The van der Waals surface area contributed by atoms with Crippen molar-refractivity contribution >= 4 is 11.6 Å². The lowest BCUT2D eigenvalue weighted by Crippen LogP contribution is -2.37. The van der Waals surface area contributed by atoms with Crippen LogP contribution in [-0.4, -0.2) is 23.4 Å². The highest BCUT2D eigenvalue weighted by atomic mass is 35.5. The molecule has 1 aliphatic rings. The van der Waals surface area contributed by atoms with Crippen molar-refractivity contribution in [3.8, 4) is 0 Å². The third-order valence-corrected chi connectivity index (χ3v) is 3.66. The van der Waals surface area contributed by atoms with Gasteiger partial charge in [-0.1, -0.05) is 22.8 Å². The minimum absolute atomic E-state index is 0.336. The minimum atomic E-state index is -0.710. The molecule has 1 atom stereocenters. The molecule has 106 valence electrons. The van der Waals surface area contributed by atoms with Crippen LogP contribution in [0.4, 0.5) is 4.39 Å². The molecule has 3 rings (SSSR count).